The van der Waals surface area contributed by atoms with Gasteiger partial charge in [0.1, 0.15) is 10.6 Å². The molecule has 2 rings (SSSR count). The summed E-state index contributed by atoms with van der Waals surface area (Å²) in [7, 11) is 0. The maximum Gasteiger partial charge on any atom is 0.258 e. The molecule has 1 aliphatic carbocycles. The monoisotopic (exact) mass is 268 g/mol. The van der Waals surface area contributed by atoms with Gasteiger partial charge in [-0.05, 0) is 37.7 Å². The van der Waals surface area contributed by atoms with Crippen molar-refractivity contribution in [3.05, 3.63) is 5.56 Å². The molecule has 1 heterocycles. The van der Waals surface area contributed by atoms with Gasteiger partial charge in [0, 0.05) is 12.6 Å². The number of nitrogens with one attached hydrogen (secondary N) is 2. The van der Waals surface area contributed by atoms with E-state index in [0.29, 0.717) is 11.4 Å². The van der Waals surface area contributed by atoms with Gasteiger partial charge >= 0.3 is 0 Å². The summed E-state index contributed by atoms with van der Waals surface area (Å²) in [5, 5.41) is 6.90. The van der Waals surface area contributed by atoms with Crippen molar-refractivity contribution >= 4 is 28.3 Å². The number of carbonyl (C=O) groups excluding carboxylic acids is 1. The largest absolute Gasteiger partial charge is 0.382 e. The first-order valence-electron chi connectivity index (χ1n) is 6.37. The lowest BCUT2D eigenvalue weighted by Gasteiger charge is -2.10. The van der Waals surface area contributed by atoms with Crippen LogP contribution in [0.5, 0.6) is 0 Å². The highest BCUT2D eigenvalue weighted by atomic mass is 32.1. The highest BCUT2D eigenvalue weighted by Crippen LogP contribution is 2.33. The zero-order valence-corrected chi connectivity index (χ0v) is 11.6. The van der Waals surface area contributed by atoms with Gasteiger partial charge in [0.15, 0.2) is 5.82 Å². The van der Waals surface area contributed by atoms with Gasteiger partial charge in [-0.1, -0.05) is 12.8 Å². The Labute approximate surface area is 111 Å². The number of aromatic nitrogens is 1. The van der Waals surface area contributed by atoms with Crippen LogP contribution in [0.25, 0.3) is 0 Å². The summed E-state index contributed by atoms with van der Waals surface area (Å²) in [6.45, 7) is 4.73. The van der Waals surface area contributed by atoms with Crippen molar-refractivity contribution in [2.24, 2.45) is 5.92 Å². The second-order valence-electron chi connectivity index (χ2n) is 5.06. The summed E-state index contributed by atoms with van der Waals surface area (Å²) >= 11 is 1.26. The molecule has 1 fully saturated rings. The van der Waals surface area contributed by atoms with E-state index in [-0.39, 0.29) is 11.9 Å². The van der Waals surface area contributed by atoms with Crippen molar-refractivity contribution in [3.8, 4) is 0 Å². The van der Waals surface area contributed by atoms with Crippen LogP contribution in [0.3, 0.4) is 0 Å². The number of nitrogen functional groups attached to an aromatic ring is 1. The molecular weight excluding hydrogens is 248 g/mol. The van der Waals surface area contributed by atoms with Gasteiger partial charge < -0.3 is 16.4 Å². The van der Waals surface area contributed by atoms with Crippen molar-refractivity contribution in [2.75, 3.05) is 17.6 Å². The third-order valence-corrected chi connectivity index (χ3v) is 3.72. The normalized spacial score (nSPS) is 14.8. The Kier molecular flexibility index (Phi) is 4.06. The molecule has 4 N–H and O–H groups in total. The Morgan fingerprint density at radius 2 is 2.28 bits per heavy atom. The van der Waals surface area contributed by atoms with Crippen LogP contribution in [0.15, 0.2) is 0 Å². The molecule has 0 spiro atoms. The number of hydrogen-bond acceptors (Lipinski definition) is 5. The first kappa shape index (κ1) is 13.1. The molecule has 0 bridgehead atoms. The zero-order chi connectivity index (χ0) is 13.1. The third kappa shape index (κ3) is 3.35. The Bertz CT molecular complexity index is 426. The highest BCUT2D eigenvalue weighted by molar-refractivity contribution is 7.11. The third-order valence-electron chi connectivity index (χ3n) is 2.90. The average Bonchev–Trinajstić information content (AvgIpc) is 3.01. The molecule has 6 heteroatoms. The van der Waals surface area contributed by atoms with Crippen molar-refractivity contribution in [3.63, 3.8) is 0 Å². The molecule has 1 aliphatic rings. The molecule has 0 radical (unpaired) electrons. The summed E-state index contributed by atoms with van der Waals surface area (Å²) in [5.41, 5.74) is 6.25. The van der Waals surface area contributed by atoms with E-state index in [1.165, 1.54) is 24.4 Å². The predicted octanol–water partition coefficient (Wildman–Crippen LogP) is 2.08. The van der Waals surface area contributed by atoms with Crippen molar-refractivity contribution in [2.45, 2.75) is 39.2 Å². The van der Waals surface area contributed by atoms with E-state index in [2.05, 4.69) is 15.0 Å². The topological polar surface area (TPSA) is 80.0 Å². The van der Waals surface area contributed by atoms with Gasteiger partial charge in [0.2, 0.25) is 0 Å². The van der Waals surface area contributed by atoms with Gasteiger partial charge in [0.25, 0.3) is 5.91 Å². The highest BCUT2D eigenvalue weighted by Gasteiger charge is 2.22. The van der Waals surface area contributed by atoms with Crippen molar-refractivity contribution in [1.29, 1.82) is 0 Å². The molecule has 0 aromatic carbocycles. The summed E-state index contributed by atoms with van der Waals surface area (Å²) in [5.74, 6) is 1.04. The number of nitrogens with zero attached hydrogens (tertiary/aromatic N) is 1. The molecule has 0 unspecified atom stereocenters. The van der Waals surface area contributed by atoms with Crippen LogP contribution >= 0.6 is 11.5 Å². The fourth-order valence-electron chi connectivity index (χ4n) is 1.77. The molecule has 0 saturated heterocycles. The molecule has 1 amide bonds. The second kappa shape index (κ2) is 5.56. The van der Waals surface area contributed by atoms with Gasteiger partial charge in [-0.15, -0.1) is 0 Å². The van der Waals surface area contributed by atoms with Crippen LogP contribution in [-0.2, 0) is 0 Å². The van der Waals surface area contributed by atoms with Crippen LogP contribution in [0, 0.1) is 5.92 Å². The Morgan fingerprint density at radius 3 is 2.89 bits per heavy atom. The van der Waals surface area contributed by atoms with E-state index < -0.39 is 0 Å². The molecule has 5 nitrogen and oxygen atoms in total. The van der Waals surface area contributed by atoms with Crippen LogP contribution in [0.1, 0.15) is 43.5 Å². The Morgan fingerprint density at radius 1 is 1.56 bits per heavy atom. The molecule has 0 aliphatic heterocycles. The van der Waals surface area contributed by atoms with Crippen LogP contribution in [0.2, 0.25) is 0 Å². The number of nitrogens with two attached hydrogens (primary N) is 1. The van der Waals surface area contributed by atoms with Gasteiger partial charge in [-0.2, -0.15) is 4.37 Å². The first-order chi connectivity index (χ1) is 8.58. The summed E-state index contributed by atoms with van der Waals surface area (Å²) in [6.07, 6.45) is 3.84. The number of hydrogen-bond donors (Lipinski definition) is 3. The lowest BCUT2D eigenvalue weighted by Crippen LogP contribution is -2.30. The molecular formula is C12H20N4OS. The number of anilines is 2. The lowest BCUT2D eigenvalue weighted by atomic mass is 10.2. The smallest absolute Gasteiger partial charge is 0.258 e. The maximum atomic E-state index is 12.0. The minimum atomic E-state index is -0.148. The van der Waals surface area contributed by atoms with Gasteiger partial charge in [0.05, 0.1) is 0 Å². The predicted molar refractivity (Wildman–Crippen MR) is 75.0 cm³/mol. The maximum absolute atomic E-state index is 12.0. The van der Waals surface area contributed by atoms with E-state index in [4.69, 9.17) is 5.73 Å². The Hall–Kier alpha value is -1.30. The quantitative estimate of drug-likeness (QED) is 0.738. The van der Waals surface area contributed by atoms with Gasteiger partial charge in [-0.25, -0.2) is 0 Å². The number of rotatable bonds is 6. The van der Waals surface area contributed by atoms with Crippen molar-refractivity contribution < 1.29 is 4.79 Å². The SMILES string of the molecule is CC(C)NC(=O)c1c(N)nsc1NCCC1CC1. The summed E-state index contributed by atoms with van der Waals surface area (Å²) in [4.78, 5) is 12.0. The molecule has 0 atom stereocenters. The fraction of sp³-hybridized carbons (Fsp3) is 0.667. The molecule has 18 heavy (non-hydrogen) atoms. The number of amides is 1. The summed E-state index contributed by atoms with van der Waals surface area (Å²) in [6, 6.07) is 0.0936. The van der Waals surface area contributed by atoms with Crippen LogP contribution < -0.4 is 16.4 Å². The van der Waals surface area contributed by atoms with E-state index in [0.717, 1.165) is 23.9 Å². The van der Waals surface area contributed by atoms with Gasteiger partial charge in [-0.3, -0.25) is 4.79 Å². The van der Waals surface area contributed by atoms with Crippen LogP contribution in [0.4, 0.5) is 10.8 Å². The molecule has 1 saturated carbocycles. The average molecular weight is 268 g/mol. The standard InChI is InChI=1S/C12H20N4OS/c1-7(2)15-11(17)9-10(13)16-18-12(9)14-6-5-8-3-4-8/h7-8,14H,3-6H2,1-2H3,(H2,13,16)(H,15,17). The molecule has 1 aromatic heterocycles. The zero-order valence-electron chi connectivity index (χ0n) is 10.8. The van der Waals surface area contributed by atoms with E-state index in [1.807, 2.05) is 13.8 Å². The van der Waals surface area contributed by atoms with Crippen LogP contribution in [-0.4, -0.2) is 22.9 Å². The first-order valence-corrected chi connectivity index (χ1v) is 7.15. The minimum Gasteiger partial charge on any atom is -0.382 e. The second-order valence-corrected chi connectivity index (χ2v) is 5.83. The Balaban J connectivity index is 1.98. The molecule has 1 aromatic rings. The van der Waals surface area contributed by atoms with E-state index >= 15 is 0 Å². The van der Waals surface area contributed by atoms with E-state index in [9.17, 15) is 4.79 Å². The minimum absolute atomic E-state index is 0.0936. The molecule has 100 valence electrons. The van der Waals surface area contributed by atoms with E-state index in [1.54, 1.807) is 0 Å². The lowest BCUT2D eigenvalue weighted by molar-refractivity contribution is 0.0945. The summed E-state index contributed by atoms with van der Waals surface area (Å²) < 4.78 is 4.05. The fourth-order valence-corrected chi connectivity index (χ4v) is 2.51. The van der Waals surface area contributed by atoms with Crippen molar-refractivity contribution in [1.82, 2.24) is 9.69 Å². The number of carbonyl (C=O) groups is 1.